The molecule has 0 aliphatic heterocycles. The third-order valence-electron chi connectivity index (χ3n) is 7.47. The number of carbonyl (C=O) groups excluding carboxylic acids is 2. The predicted octanol–water partition coefficient (Wildman–Crippen LogP) is 6.91. The zero-order valence-corrected chi connectivity index (χ0v) is 24.3. The van der Waals surface area contributed by atoms with Crippen molar-refractivity contribution in [2.24, 2.45) is 0 Å². The van der Waals surface area contributed by atoms with Crippen LogP contribution in [0.3, 0.4) is 0 Å². The highest BCUT2D eigenvalue weighted by molar-refractivity contribution is 5.96. The molecule has 2 aliphatic rings. The monoisotopic (exact) mass is 545 g/mol. The number of benzene rings is 2. The molecule has 2 fully saturated rings. The van der Waals surface area contributed by atoms with Crippen molar-refractivity contribution in [3.8, 4) is 11.5 Å². The van der Waals surface area contributed by atoms with Gasteiger partial charge in [0.2, 0.25) is 0 Å². The summed E-state index contributed by atoms with van der Waals surface area (Å²) in [5, 5.41) is 4.39. The van der Waals surface area contributed by atoms with Gasteiger partial charge in [0.15, 0.2) is 5.82 Å². The van der Waals surface area contributed by atoms with E-state index in [9.17, 15) is 9.59 Å². The van der Waals surface area contributed by atoms with Crippen molar-refractivity contribution in [3.63, 3.8) is 0 Å². The molecule has 5 rings (SSSR count). The van der Waals surface area contributed by atoms with Crippen LogP contribution >= 0.6 is 0 Å². The number of carbonyl (C=O) groups is 2. The molecule has 8 heteroatoms. The molecular weight excluding hydrogens is 506 g/mol. The van der Waals surface area contributed by atoms with Crippen LogP contribution in [0.2, 0.25) is 0 Å². The summed E-state index contributed by atoms with van der Waals surface area (Å²) in [6.07, 6.45) is 3.25. The lowest BCUT2D eigenvalue weighted by Gasteiger charge is -2.43. The van der Waals surface area contributed by atoms with E-state index in [-0.39, 0.29) is 23.9 Å². The third kappa shape index (κ3) is 6.06. The molecule has 0 N–H and O–H groups in total. The van der Waals surface area contributed by atoms with E-state index in [1.54, 1.807) is 18.2 Å². The smallest absolute Gasteiger partial charge is 0.410 e. The van der Waals surface area contributed by atoms with Gasteiger partial charge in [0.05, 0.1) is 16.5 Å². The Morgan fingerprint density at radius 2 is 1.60 bits per heavy atom. The second-order valence-corrected chi connectivity index (χ2v) is 13.0. The zero-order valence-electron chi connectivity index (χ0n) is 24.3. The molecule has 2 atom stereocenters. The number of esters is 1. The molecule has 0 bridgehead atoms. The summed E-state index contributed by atoms with van der Waals surface area (Å²) in [7, 11) is 0. The third-order valence-corrected chi connectivity index (χ3v) is 7.47. The fraction of sp³-hybridized carbons (Fsp3) is 0.500. The van der Waals surface area contributed by atoms with Gasteiger partial charge >= 0.3 is 12.1 Å². The normalized spacial score (nSPS) is 19.9. The molecule has 1 heterocycles. The van der Waals surface area contributed by atoms with Crippen LogP contribution in [0.4, 0.5) is 4.79 Å². The number of aromatic nitrogens is 2. The van der Waals surface area contributed by atoms with E-state index in [0.29, 0.717) is 23.5 Å². The Balaban J connectivity index is 1.42. The summed E-state index contributed by atoms with van der Waals surface area (Å²) in [5.41, 5.74) is 0.442. The van der Waals surface area contributed by atoms with Gasteiger partial charge in [-0.3, -0.25) is 0 Å². The van der Waals surface area contributed by atoms with E-state index in [1.165, 1.54) is 5.56 Å². The highest BCUT2D eigenvalue weighted by atomic mass is 16.6. The highest BCUT2D eigenvalue weighted by Gasteiger charge is 2.52. The van der Waals surface area contributed by atoms with E-state index in [4.69, 9.17) is 19.0 Å². The van der Waals surface area contributed by atoms with Crippen LogP contribution in [0.1, 0.15) is 94.9 Å². The minimum absolute atomic E-state index is 0.0500. The summed E-state index contributed by atoms with van der Waals surface area (Å²) in [4.78, 5) is 33.1. The van der Waals surface area contributed by atoms with Crippen LogP contribution < -0.4 is 0 Å². The van der Waals surface area contributed by atoms with Crippen LogP contribution in [-0.2, 0) is 14.9 Å². The van der Waals surface area contributed by atoms with Crippen molar-refractivity contribution < 1.29 is 23.6 Å². The minimum atomic E-state index is -0.633. The highest BCUT2D eigenvalue weighted by Crippen LogP contribution is 2.49. The second kappa shape index (κ2) is 10.4. The van der Waals surface area contributed by atoms with Gasteiger partial charge in [-0.05, 0) is 78.5 Å². The Kier molecular flexibility index (Phi) is 7.23. The summed E-state index contributed by atoms with van der Waals surface area (Å²) < 4.78 is 17.2. The van der Waals surface area contributed by atoms with Crippen LogP contribution in [0.15, 0.2) is 59.1 Å². The first-order valence-electron chi connectivity index (χ1n) is 14.1. The van der Waals surface area contributed by atoms with E-state index in [1.807, 2.05) is 70.7 Å². The standard InChI is InChI=1S/C32H39N3O5/c1-30(2,3)38-27(36)23-16-11-10-15-22(23)26-33-28(34-40-26)32(17-12-18-32)20-35(29(37)39-31(4,5)6)25-19-24(25)21-13-8-7-9-14-21/h7-11,13-16,24-25H,12,17-20H2,1-6H3/t24-,25+/m1/s1. The van der Waals surface area contributed by atoms with E-state index < -0.39 is 22.6 Å². The van der Waals surface area contributed by atoms with Crippen LogP contribution in [0, 0.1) is 0 Å². The first kappa shape index (κ1) is 27.9. The Bertz CT molecular complexity index is 1360. The molecule has 212 valence electrons. The van der Waals surface area contributed by atoms with Crippen molar-refractivity contribution in [2.45, 2.75) is 95.8 Å². The molecule has 1 aromatic heterocycles. The second-order valence-electron chi connectivity index (χ2n) is 13.0. The van der Waals surface area contributed by atoms with Gasteiger partial charge in [0.1, 0.15) is 11.2 Å². The number of hydrogen-bond acceptors (Lipinski definition) is 7. The number of amides is 1. The van der Waals surface area contributed by atoms with E-state index in [0.717, 1.165) is 25.7 Å². The van der Waals surface area contributed by atoms with Crippen molar-refractivity contribution in [1.29, 1.82) is 0 Å². The Morgan fingerprint density at radius 3 is 2.23 bits per heavy atom. The first-order valence-corrected chi connectivity index (χ1v) is 14.1. The minimum Gasteiger partial charge on any atom is -0.456 e. The fourth-order valence-corrected chi connectivity index (χ4v) is 5.33. The fourth-order valence-electron chi connectivity index (χ4n) is 5.33. The molecular formula is C32H39N3O5. The molecule has 0 saturated heterocycles. The molecule has 0 unspecified atom stereocenters. The Morgan fingerprint density at radius 1 is 0.950 bits per heavy atom. The first-order chi connectivity index (χ1) is 18.9. The predicted molar refractivity (Wildman–Crippen MR) is 151 cm³/mol. The maximum absolute atomic E-state index is 13.5. The molecule has 1 amide bonds. The molecule has 2 aliphatic carbocycles. The van der Waals surface area contributed by atoms with Gasteiger partial charge in [-0.15, -0.1) is 0 Å². The molecule has 3 aromatic rings. The maximum Gasteiger partial charge on any atom is 0.410 e. The Labute approximate surface area is 236 Å². The summed E-state index contributed by atoms with van der Waals surface area (Å²) in [5.74, 6) is 0.642. The zero-order chi connectivity index (χ0) is 28.7. The van der Waals surface area contributed by atoms with Crippen molar-refractivity contribution >= 4 is 12.1 Å². The average Bonchev–Trinajstić information content (AvgIpc) is 3.49. The lowest BCUT2D eigenvalue weighted by atomic mass is 9.67. The van der Waals surface area contributed by atoms with Gasteiger partial charge < -0.3 is 18.9 Å². The molecule has 2 aromatic carbocycles. The largest absolute Gasteiger partial charge is 0.456 e. The lowest BCUT2D eigenvalue weighted by molar-refractivity contribution is 0.00681. The molecule has 40 heavy (non-hydrogen) atoms. The van der Waals surface area contributed by atoms with Crippen molar-refractivity contribution in [1.82, 2.24) is 15.0 Å². The number of rotatable bonds is 7. The van der Waals surface area contributed by atoms with E-state index >= 15 is 0 Å². The molecule has 2 saturated carbocycles. The van der Waals surface area contributed by atoms with Gasteiger partial charge in [-0.25, -0.2) is 9.59 Å². The van der Waals surface area contributed by atoms with Crippen molar-refractivity contribution in [3.05, 3.63) is 71.5 Å². The number of ether oxygens (including phenoxy) is 2. The number of nitrogens with zero attached hydrogens (tertiary/aromatic N) is 3. The summed E-state index contributed by atoms with van der Waals surface area (Å²) in [6, 6.07) is 17.4. The van der Waals surface area contributed by atoms with Gasteiger partial charge in [0.25, 0.3) is 5.89 Å². The molecule has 8 nitrogen and oxygen atoms in total. The summed E-state index contributed by atoms with van der Waals surface area (Å²) >= 11 is 0. The van der Waals surface area contributed by atoms with Crippen LogP contribution in [-0.4, -0.2) is 50.9 Å². The van der Waals surface area contributed by atoms with Gasteiger partial charge in [-0.1, -0.05) is 54.0 Å². The Hall–Kier alpha value is -3.68. The van der Waals surface area contributed by atoms with Crippen LogP contribution in [0.25, 0.3) is 11.5 Å². The van der Waals surface area contributed by atoms with Crippen LogP contribution in [0.5, 0.6) is 0 Å². The quantitative estimate of drug-likeness (QED) is 0.298. The van der Waals surface area contributed by atoms with Crippen molar-refractivity contribution in [2.75, 3.05) is 6.54 Å². The molecule has 0 spiro atoms. The number of hydrogen-bond donors (Lipinski definition) is 0. The van der Waals surface area contributed by atoms with E-state index in [2.05, 4.69) is 17.3 Å². The lowest BCUT2D eigenvalue weighted by Crippen LogP contribution is -2.50. The SMILES string of the molecule is CC(C)(C)OC(=O)c1ccccc1-c1nc(C2(CN(C(=O)OC(C)(C)C)[C@H]3C[C@@H]3c3ccccc3)CCC2)no1. The van der Waals surface area contributed by atoms with Gasteiger partial charge in [0, 0.05) is 18.5 Å². The topological polar surface area (TPSA) is 94.8 Å². The van der Waals surface area contributed by atoms with Gasteiger partial charge in [-0.2, -0.15) is 4.98 Å². The maximum atomic E-state index is 13.5. The molecule has 0 radical (unpaired) electrons. The average molecular weight is 546 g/mol. The summed E-state index contributed by atoms with van der Waals surface area (Å²) in [6.45, 7) is 11.6.